The Kier molecular flexibility index (Phi) is 12.3. The molecular weight excluding hydrogens is 396 g/mol. The number of carbonyl (C=O) groups excluding carboxylic acids is 1. The van der Waals surface area contributed by atoms with Crippen LogP contribution in [0.15, 0.2) is 12.2 Å². The van der Waals surface area contributed by atoms with Gasteiger partial charge >= 0.3 is 5.84 Å². The summed E-state index contributed by atoms with van der Waals surface area (Å²) in [6.07, 6.45) is 10.8. The molecule has 0 saturated heterocycles. The maximum absolute atomic E-state index is 12.7. The first-order valence-corrected chi connectivity index (χ1v) is 12.2. The molecular formula is C20H37N2O6S+. The van der Waals surface area contributed by atoms with Crippen LogP contribution in [-0.2, 0) is 14.9 Å². The largest absolute Gasteiger partial charge is 0.392 e. The van der Waals surface area contributed by atoms with Crippen LogP contribution in [0.2, 0.25) is 0 Å². The third kappa shape index (κ3) is 10.9. The topological polar surface area (TPSA) is 118 Å². The number of unbranched alkanes of at least 4 members (excludes halogenated alkanes) is 5. The van der Waals surface area contributed by atoms with E-state index in [0.717, 1.165) is 32.1 Å². The van der Waals surface area contributed by atoms with Gasteiger partial charge in [-0.3, -0.25) is 18.8 Å². The van der Waals surface area contributed by atoms with Crippen LogP contribution in [0.3, 0.4) is 0 Å². The Morgan fingerprint density at radius 3 is 2.52 bits per heavy atom. The van der Waals surface area contributed by atoms with Crippen LogP contribution in [0, 0.1) is 0 Å². The number of β-amino-alcohol motifs (C(OH)–C–C–N with tert-alkyl or cyclic N) is 2. The summed E-state index contributed by atoms with van der Waals surface area (Å²) in [5.41, 5.74) is 0. The fraction of sp³-hybridized carbons (Fsp3) is 0.800. The molecule has 0 aromatic rings. The highest BCUT2D eigenvalue weighted by Crippen LogP contribution is 2.10. The first kappa shape index (κ1) is 25.7. The summed E-state index contributed by atoms with van der Waals surface area (Å²) in [4.78, 5) is 14.5. The van der Waals surface area contributed by atoms with Gasteiger partial charge in [-0.25, -0.2) is 0 Å². The normalized spacial score (nSPS) is 16.2. The molecule has 1 rings (SSSR count). The number of Topliss-reactive ketones (excluding diaryl/α,β-unsaturated/α-hetero) is 1. The van der Waals surface area contributed by atoms with Crippen LogP contribution in [0.1, 0.15) is 58.3 Å². The van der Waals surface area contributed by atoms with Gasteiger partial charge in [0.2, 0.25) is 5.78 Å². The standard InChI is InChI=1S/C20H36N2O6S/c1-2-3-4-5-6-7-8-9-10-11-19(25)20-21(14-15-23)12-13-22(20)16-18(24)17-29(26,27)28/h5-6,18,23-24H,2-4,7-17H2,1H3/p+1/b6-5+. The zero-order chi connectivity index (χ0) is 21.7. The van der Waals surface area contributed by atoms with Crippen molar-refractivity contribution in [2.45, 2.75) is 64.4 Å². The molecule has 3 N–H and O–H groups in total. The fourth-order valence-electron chi connectivity index (χ4n) is 3.47. The molecule has 168 valence electrons. The molecule has 0 saturated carbocycles. The van der Waals surface area contributed by atoms with Crippen LogP contribution >= 0.6 is 0 Å². The third-order valence-electron chi connectivity index (χ3n) is 4.86. The third-order valence-corrected chi connectivity index (χ3v) is 5.66. The number of allylic oxidation sites excluding steroid dienone is 2. The van der Waals surface area contributed by atoms with E-state index in [1.165, 1.54) is 12.8 Å². The molecule has 29 heavy (non-hydrogen) atoms. The molecule has 9 heteroatoms. The summed E-state index contributed by atoms with van der Waals surface area (Å²) in [6.45, 7) is 3.34. The molecule has 0 amide bonds. The highest BCUT2D eigenvalue weighted by atomic mass is 32.2. The lowest BCUT2D eigenvalue weighted by molar-refractivity contribution is -0.525. The lowest BCUT2D eigenvalue weighted by Crippen LogP contribution is -2.40. The summed E-state index contributed by atoms with van der Waals surface area (Å²) in [6, 6.07) is 0. The molecule has 0 aliphatic carbocycles. The monoisotopic (exact) mass is 433 g/mol. The van der Waals surface area contributed by atoms with Crippen LogP contribution in [0.25, 0.3) is 0 Å². The predicted octanol–water partition coefficient (Wildman–Crippen LogP) is 1.22. The van der Waals surface area contributed by atoms with Gasteiger partial charge in [-0.15, -0.1) is 0 Å². The Morgan fingerprint density at radius 1 is 1.21 bits per heavy atom. The van der Waals surface area contributed by atoms with Crippen molar-refractivity contribution in [2.75, 3.05) is 38.5 Å². The van der Waals surface area contributed by atoms with Crippen LogP contribution in [0.4, 0.5) is 0 Å². The van der Waals surface area contributed by atoms with Crippen molar-refractivity contribution >= 4 is 21.7 Å². The van der Waals surface area contributed by atoms with E-state index in [-0.39, 0.29) is 18.9 Å². The number of rotatable bonds is 16. The van der Waals surface area contributed by atoms with Crippen molar-refractivity contribution in [2.24, 2.45) is 0 Å². The number of carbonyl (C=O) groups is 1. The average molecular weight is 434 g/mol. The van der Waals surface area contributed by atoms with Gasteiger partial charge in [0.25, 0.3) is 10.1 Å². The molecule has 1 atom stereocenters. The maximum atomic E-state index is 12.7. The first-order valence-electron chi connectivity index (χ1n) is 10.6. The van der Waals surface area contributed by atoms with Crippen LogP contribution in [-0.4, -0.2) is 88.9 Å². The van der Waals surface area contributed by atoms with Crippen molar-refractivity contribution in [1.29, 1.82) is 0 Å². The highest BCUT2D eigenvalue weighted by molar-refractivity contribution is 7.85. The predicted molar refractivity (Wildman–Crippen MR) is 113 cm³/mol. The Balaban J connectivity index is 2.56. The number of ketones is 1. The molecule has 0 aromatic carbocycles. The molecule has 1 aliphatic heterocycles. The Hall–Kier alpha value is -1.29. The van der Waals surface area contributed by atoms with Gasteiger partial charge < -0.3 is 10.2 Å². The molecule has 1 heterocycles. The number of hydrogen-bond acceptors (Lipinski definition) is 6. The molecule has 0 aromatic heterocycles. The van der Waals surface area contributed by atoms with E-state index >= 15 is 0 Å². The van der Waals surface area contributed by atoms with E-state index in [2.05, 4.69) is 19.1 Å². The number of nitrogens with zero attached hydrogens (tertiary/aromatic N) is 2. The fourth-order valence-corrected chi connectivity index (χ4v) is 4.06. The van der Waals surface area contributed by atoms with E-state index in [9.17, 15) is 23.4 Å². The van der Waals surface area contributed by atoms with E-state index in [4.69, 9.17) is 4.55 Å². The second-order valence-electron chi connectivity index (χ2n) is 7.52. The zero-order valence-corrected chi connectivity index (χ0v) is 18.3. The summed E-state index contributed by atoms with van der Waals surface area (Å²) in [5, 5.41) is 19.2. The van der Waals surface area contributed by atoms with E-state index in [0.29, 0.717) is 31.9 Å². The lowest BCUT2D eigenvalue weighted by atomic mass is 10.1. The number of amidine groups is 1. The van der Waals surface area contributed by atoms with Crippen molar-refractivity contribution in [1.82, 2.24) is 4.90 Å². The van der Waals surface area contributed by atoms with Crippen molar-refractivity contribution in [3.63, 3.8) is 0 Å². The molecule has 1 unspecified atom stereocenters. The van der Waals surface area contributed by atoms with Crippen molar-refractivity contribution in [3.8, 4) is 0 Å². The summed E-state index contributed by atoms with van der Waals surface area (Å²) >= 11 is 0. The number of aliphatic hydroxyl groups is 2. The number of aliphatic hydroxyl groups excluding tert-OH is 2. The average Bonchev–Trinajstić information content (AvgIpc) is 3.01. The summed E-state index contributed by atoms with van der Waals surface area (Å²) in [5.74, 6) is -0.405. The van der Waals surface area contributed by atoms with Gasteiger partial charge in [-0.05, 0) is 25.7 Å². The molecule has 0 fully saturated rings. The smallest absolute Gasteiger partial charge is 0.316 e. The van der Waals surface area contributed by atoms with E-state index in [1.54, 1.807) is 9.48 Å². The Labute approximate surface area is 174 Å². The second kappa shape index (κ2) is 13.8. The van der Waals surface area contributed by atoms with Crippen LogP contribution < -0.4 is 0 Å². The van der Waals surface area contributed by atoms with E-state index in [1.807, 2.05) is 0 Å². The van der Waals surface area contributed by atoms with Crippen LogP contribution in [0.5, 0.6) is 0 Å². The van der Waals surface area contributed by atoms with Crippen molar-refractivity contribution < 1.29 is 32.6 Å². The van der Waals surface area contributed by atoms with Gasteiger partial charge in [0.05, 0.1) is 6.61 Å². The second-order valence-corrected chi connectivity index (χ2v) is 9.02. The lowest BCUT2D eigenvalue weighted by Gasteiger charge is -2.13. The van der Waals surface area contributed by atoms with Gasteiger partial charge in [-0.1, -0.05) is 38.3 Å². The maximum Gasteiger partial charge on any atom is 0.316 e. The Morgan fingerprint density at radius 2 is 1.90 bits per heavy atom. The molecule has 0 bridgehead atoms. The minimum absolute atomic E-state index is 0.0503. The van der Waals surface area contributed by atoms with Gasteiger partial charge in [0.1, 0.15) is 38.0 Å². The quantitative estimate of drug-likeness (QED) is 0.145. The molecule has 0 spiro atoms. The summed E-state index contributed by atoms with van der Waals surface area (Å²) in [7, 11) is -4.29. The molecule has 1 aliphatic rings. The molecule has 8 nitrogen and oxygen atoms in total. The highest BCUT2D eigenvalue weighted by Gasteiger charge is 2.36. The SMILES string of the molecule is CCCC/C=C/CCCCCC(=O)C1=[N+](CC(O)CS(=O)(=O)O)CCN1CCO. The van der Waals surface area contributed by atoms with Gasteiger partial charge in [0, 0.05) is 6.42 Å². The zero-order valence-electron chi connectivity index (χ0n) is 17.5. The van der Waals surface area contributed by atoms with E-state index < -0.39 is 22.0 Å². The Bertz CT molecular complexity index is 660. The summed E-state index contributed by atoms with van der Waals surface area (Å²) < 4.78 is 32.5. The first-order chi connectivity index (χ1) is 13.8. The van der Waals surface area contributed by atoms with Gasteiger partial charge in [0.15, 0.2) is 0 Å². The minimum Gasteiger partial charge on any atom is -0.392 e. The van der Waals surface area contributed by atoms with Crippen molar-refractivity contribution in [3.05, 3.63) is 12.2 Å². The molecule has 0 radical (unpaired) electrons. The minimum atomic E-state index is -4.29. The number of hydrogen-bond donors (Lipinski definition) is 3. The van der Waals surface area contributed by atoms with Gasteiger partial charge in [-0.2, -0.15) is 8.42 Å².